The molecule has 1 rings (SSSR count). The van der Waals surface area contributed by atoms with Crippen LogP contribution >= 0.6 is 0 Å². The van der Waals surface area contributed by atoms with Crippen LogP contribution in [0.15, 0.2) is 12.2 Å². The third-order valence-electron chi connectivity index (χ3n) is 3.68. The van der Waals surface area contributed by atoms with Crippen molar-refractivity contribution in [1.82, 2.24) is 0 Å². The van der Waals surface area contributed by atoms with E-state index >= 15 is 0 Å². The molecular weight excluding hydrogens is 284 g/mol. The number of esters is 1. The number of hydrogen-bond acceptors (Lipinski definition) is 5. The van der Waals surface area contributed by atoms with Gasteiger partial charge in [0.2, 0.25) is 0 Å². The summed E-state index contributed by atoms with van der Waals surface area (Å²) in [5.41, 5.74) is 0. The highest BCUT2D eigenvalue weighted by Crippen LogP contribution is 2.27. The molecule has 1 heterocycles. The Bertz CT molecular complexity index is 366. The van der Waals surface area contributed by atoms with Gasteiger partial charge in [-0.2, -0.15) is 0 Å². The zero-order valence-corrected chi connectivity index (χ0v) is 14.3. The minimum absolute atomic E-state index is 0.0284. The summed E-state index contributed by atoms with van der Waals surface area (Å²) in [6, 6.07) is 0. The fourth-order valence-corrected chi connectivity index (χ4v) is 2.37. The second kappa shape index (κ2) is 9.28. The van der Waals surface area contributed by atoms with Crippen LogP contribution in [0.1, 0.15) is 53.9 Å². The van der Waals surface area contributed by atoms with E-state index in [0.29, 0.717) is 6.42 Å². The Labute approximate surface area is 133 Å². The SMILES string of the molecule is CC(C)OC(=O)/C=C\CC[C@@H](C)O[C@@H]1O[C@@H](C)[C@H](O)C[C@H]1C. The minimum Gasteiger partial charge on any atom is -0.460 e. The van der Waals surface area contributed by atoms with Gasteiger partial charge in [0, 0.05) is 12.0 Å². The molecule has 0 aromatic heterocycles. The number of aliphatic hydroxyl groups is 1. The van der Waals surface area contributed by atoms with Crippen LogP contribution in [0, 0.1) is 5.92 Å². The van der Waals surface area contributed by atoms with Crippen LogP contribution in [-0.2, 0) is 19.0 Å². The summed E-state index contributed by atoms with van der Waals surface area (Å²) in [7, 11) is 0. The maximum atomic E-state index is 11.3. The van der Waals surface area contributed by atoms with E-state index < -0.39 is 6.10 Å². The van der Waals surface area contributed by atoms with Gasteiger partial charge in [0.05, 0.1) is 24.4 Å². The van der Waals surface area contributed by atoms with Crippen molar-refractivity contribution in [1.29, 1.82) is 0 Å². The fourth-order valence-electron chi connectivity index (χ4n) is 2.37. The van der Waals surface area contributed by atoms with E-state index in [1.807, 2.05) is 40.7 Å². The number of aliphatic hydroxyl groups excluding tert-OH is 1. The van der Waals surface area contributed by atoms with E-state index in [0.717, 1.165) is 12.8 Å². The van der Waals surface area contributed by atoms with Crippen LogP contribution in [0.25, 0.3) is 0 Å². The molecule has 1 aliphatic rings. The summed E-state index contributed by atoms with van der Waals surface area (Å²) in [5.74, 6) is -0.138. The maximum Gasteiger partial charge on any atom is 0.330 e. The number of rotatable bonds is 7. The number of carbonyl (C=O) groups excluding carboxylic acids is 1. The summed E-state index contributed by atoms with van der Waals surface area (Å²) in [5, 5.41) is 9.75. The van der Waals surface area contributed by atoms with Gasteiger partial charge in [-0.3, -0.25) is 0 Å². The van der Waals surface area contributed by atoms with Gasteiger partial charge in [-0.25, -0.2) is 4.79 Å². The molecule has 1 saturated heterocycles. The molecule has 5 nitrogen and oxygen atoms in total. The van der Waals surface area contributed by atoms with Crippen LogP contribution in [0.5, 0.6) is 0 Å². The van der Waals surface area contributed by atoms with Crippen molar-refractivity contribution in [2.24, 2.45) is 5.92 Å². The minimum atomic E-state index is -0.417. The van der Waals surface area contributed by atoms with Crippen LogP contribution < -0.4 is 0 Å². The van der Waals surface area contributed by atoms with Gasteiger partial charge in [0.1, 0.15) is 0 Å². The van der Waals surface area contributed by atoms with E-state index in [-0.39, 0.29) is 36.5 Å². The Morgan fingerprint density at radius 1 is 1.36 bits per heavy atom. The summed E-state index contributed by atoms with van der Waals surface area (Å²) >= 11 is 0. The predicted molar refractivity (Wildman–Crippen MR) is 84.3 cm³/mol. The second-order valence-electron chi connectivity index (χ2n) is 6.40. The molecule has 0 amide bonds. The molecule has 0 unspecified atom stereocenters. The molecule has 0 aromatic rings. The Morgan fingerprint density at radius 2 is 2.05 bits per heavy atom. The quantitative estimate of drug-likeness (QED) is 0.578. The lowest BCUT2D eigenvalue weighted by Gasteiger charge is -2.37. The van der Waals surface area contributed by atoms with Crippen molar-refractivity contribution in [2.45, 2.75) is 84.6 Å². The fraction of sp³-hybridized carbons (Fsp3) is 0.824. The zero-order chi connectivity index (χ0) is 16.7. The first-order valence-corrected chi connectivity index (χ1v) is 8.15. The summed E-state index contributed by atoms with van der Waals surface area (Å²) < 4.78 is 16.6. The van der Waals surface area contributed by atoms with Gasteiger partial charge in [-0.1, -0.05) is 13.0 Å². The molecule has 1 N–H and O–H groups in total. The Kier molecular flexibility index (Phi) is 8.07. The molecule has 0 aromatic carbocycles. The highest BCUT2D eigenvalue weighted by Gasteiger charge is 2.33. The number of allylic oxidation sites excluding steroid dienone is 1. The molecule has 128 valence electrons. The molecule has 0 spiro atoms. The molecular formula is C17H30O5. The Hall–Kier alpha value is -0.910. The van der Waals surface area contributed by atoms with Crippen molar-refractivity contribution >= 4 is 5.97 Å². The lowest BCUT2D eigenvalue weighted by atomic mass is 9.96. The van der Waals surface area contributed by atoms with Crippen LogP contribution in [0.3, 0.4) is 0 Å². The second-order valence-corrected chi connectivity index (χ2v) is 6.40. The average molecular weight is 314 g/mol. The molecule has 0 bridgehead atoms. The largest absolute Gasteiger partial charge is 0.460 e. The van der Waals surface area contributed by atoms with E-state index in [1.165, 1.54) is 6.08 Å². The van der Waals surface area contributed by atoms with Crippen molar-refractivity contribution in [2.75, 3.05) is 0 Å². The lowest BCUT2D eigenvalue weighted by molar-refractivity contribution is -0.255. The number of hydrogen-bond donors (Lipinski definition) is 1. The number of carbonyl (C=O) groups is 1. The standard InChI is InChI=1S/C17H30O5/c1-11(2)20-16(19)9-7-6-8-13(4)21-17-12(3)10-15(18)14(5)22-17/h7,9,11-15,17-18H,6,8,10H2,1-5H3/b9-7-/t12-,13-,14+,15-,17-/m1/s1. The first-order valence-electron chi connectivity index (χ1n) is 8.15. The van der Waals surface area contributed by atoms with E-state index in [1.54, 1.807) is 0 Å². The monoisotopic (exact) mass is 314 g/mol. The lowest BCUT2D eigenvalue weighted by Crippen LogP contribution is -2.44. The van der Waals surface area contributed by atoms with Crippen LogP contribution in [0.2, 0.25) is 0 Å². The molecule has 1 aliphatic heterocycles. The molecule has 22 heavy (non-hydrogen) atoms. The summed E-state index contributed by atoms with van der Waals surface area (Å²) in [6.07, 6.45) is 4.56. The average Bonchev–Trinajstić information content (AvgIpc) is 2.40. The first-order chi connectivity index (χ1) is 10.3. The topological polar surface area (TPSA) is 65.0 Å². The third kappa shape index (κ3) is 6.90. The Morgan fingerprint density at radius 3 is 2.68 bits per heavy atom. The molecule has 0 aliphatic carbocycles. The smallest absolute Gasteiger partial charge is 0.330 e. The van der Waals surface area contributed by atoms with Gasteiger partial charge in [-0.05, 0) is 47.0 Å². The third-order valence-corrected chi connectivity index (χ3v) is 3.68. The van der Waals surface area contributed by atoms with Crippen molar-refractivity contribution in [3.05, 3.63) is 12.2 Å². The van der Waals surface area contributed by atoms with Crippen molar-refractivity contribution in [3.63, 3.8) is 0 Å². The predicted octanol–water partition coefficient (Wildman–Crippen LogP) is 2.81. The molecule has 1 fully saturated rings. The molecule has 5 heteroatoms. The van der Waals surface area contributed by atoms with Gasteiger partial charge < -0.3 is 19.3 Å². The van der Waals surface area contributed by atoms with E-state index in [9.17, 15) is 9.90 Å². The van der Waals surface area contributed by atoms with Gasteiger partial charge in [0.15, 0.2) is 6.29 Å². The van der Waals surface area contributed by atoms with Gasteiger partial charge >= 0.3 is 5.97 Å². The highest BCUT2D eigenvalue weighted by atomic mass is 16.7. The first kappa shape index (κ1) is 19.1. The Balaban J connectivity index is 2.27. The van der Waals surface area contributed by atoms with Gasteiger partial charge in [-0.15, -0.1) is 0 Å². The maximum absolute atomic E-state index is 11.3. The van der Waals surface area contributed by atoms with Crippen molar-refractivity contribution < 1.29 is 24.1 Å². The summed E-state index contributed by atoms with van der Waals surface area (Å²) in [4.78, 5) is 11.3. The highest BCUT2D eigenvalue weighted by molar-refractivity contribution is 5.81. The van der Waals surface area contributed by atoms with E-state index in [4.69, 9.17) is 14.2 Å². The van der Waals surface area contributed by atoms with E-state index in [2.05, 4.69) is 0 Å². The molecule has 0 saturated carbocycles. The van der Waals surface area contributed by atoms with Crippen molar-refractivity contribution in [3.8, 4) is 0 Å². The molecule has 0 radical (unpaired) electrons. The van der Waals surface area contributed by atoms with Crippen LogP contribution in [-0.4, -0.2) is 41.8 Å². The zero-order valence-electron chi connectivity index (χ0n) is 14.3. The number of ether oxygens (including phenoxy) is 3. The summed E-state index contributed by atoms with van der Waals surface area (Å²) in [6.45, 7) is 9.52. The molecule has 5 atom stereocenters. The van der Waals surface area contributed by atoms with Crippen LogP contribution in [0.4, 0.5) is 0 Å². The normalized spacial score (nSPS) is 30.7. The van der Waals surface area contributed by atoms with Gasteiger partial charge in [0.25, 0.3) is 0 Å².